The van der Waals surface area contributed by atoms with Crippen LogP contribution in [0.4, 0.5) is 13.2 Å². The average molecular weight is 543 g/mol. The molecule has 30 heavy (non-hydrogen) atoms. The van der Waals surface area contributed by atoms with Gasteiger partial charge in [-0.05, 0) is 64.4 Å². The van der Waals surface area contributed by atoms with Crippen molar-refractivity contribution in [1.82, 2.24) is 19.7 Å². The first kappa shape index (κ1) is 20.7. The van der Waals surface area contributed by atoms with Gasteiger partial charge in [0.05, 0.1) is 17.3 Å². The van der Waals surface area contributed by atoms with Crippen molar-refractivity contribution in [3.8, 4) is 11.8 Å². The molecule has 152 valence electrons. The zero-order chi connectivity index (χ0) is 21.5. The molecule has 0 fully saturated rings. The monoisotopic (exact) mass is 542 g/mol. The highest BCUT2D eigenvalue weighted by Gasteiger charge is 2.58. The van der Waals surface area contributed by atoms with Gasteiger partial charge < -0.3 is 0 Å². The molecular formula is C19H11ClF3IN6. The first-order valence-corrected chi connectivity index (χ1v) is 10.0. The van der Waals surface area contributed by atoms with E-state index in [9.17, 15) is 18.4 Å². The van der Waals surface area contributed by atoms with Crippen LogP contribution in [-0.2, 0) is 5.41 Å². The van der Waals surface area contributed by atoms with Crippen LogP contribution >= 0.6 is 34.2 Å². The van der Waals surface area contributed by atoms with Crippen LogP contribution in [0.3, 0.4) is 0 Å². The number of hydrogen-bond donors (Lipinski definition) is 0. The Hall–Kier alpha value is -2.52. The lowest BCUT2D eigenvalue weighted by atomic mass is 9.77. The second-order valence-corrected chi connectivity index (χ2v) is 8.19. The van der Waals surface area contributed by atoms with Crippen molar-refractivity contribution in [2.45, 2.75) is 24.1 Å². The molecule has 3 heterocycles. The van der Waals surface area contributed by atoms with Crippen molar-refractivity contribution < 1.29 is 13.2 Å². The maximum atomic E-state index is 14.2. The smallest absolute Gasteiger partial charge is 0.288 e. The van der Waals surface area contributed by atoms with Crippen molar-refractivity contribution in [2.24, 2.45) is 4.99 Å². The quantitative estimate of drug-likeness (QED) is 0.352. The minimum Gasteiger partial charge on any atom is -0.288 e. The van der Waals surface area contributed by atoms with Crippen molar-refractivity contribution in [3.05, 3.63) is 68.5 Å². The van der Waals surface area contributed by atoms with Crippen LogP contribution in [0, 0.1) is 15.0 Å². The molecule has 0 aliphatic carbocycles. The fourth-order valence-electron chi connectivity index (χ4n) is 3.48. The molecule has 0 spiro atoms. The number of pyridine rings is 1. The Bertz CT molecular complexity index is 1150. The van der Waals surface area contributed by atoms with Crippen molar-refractivity contribution in [2.75, 3.05) is 0 Å². The standard InChI is InChI=1S/C19H11ClF3IN6/c20-16-4-13(5-17(24)29-16)18(19(21,22)23)6-14(27-8-18)11-1-2-15(12(3-11)7-25)30-10-26-9-28-30/h1-5,8-10,14H,6H2. The molecule has 3 aromatic rings. The summed E-state index contributed by atoms with van der Waals surface area (Å²) in [7, 11) is 0. The Morgan fingerprint density at radius 1 is 1.27 bits per heavy atom. The minimum atomic E-state index is -4.59. The normalized spacial score (nSPS) is 21.0. The third-order valence-corrected chi connectivity index (χ3v) is 5.71. The lowest BCUT2D eigenvalue weighted by Gasteiger charge is -2.30. The lowest BCUT2D eigenvalue weighted by Crippen LogP contribution is -2.42. The second kappa shape index (κ2) is 7.63. The van der Waals surface area contributed by atoms with Crippen LogP contribution < -0.4 is 0 Å². The highest BCUT2D eigenvalue weighted by atomic mass is 127. The molecule has 0 N–H and O–H groups in total. The number of halogens is 5. The van der Waals surface area contributed by atoms with Gasteiger partial charge in [0.1, 0.15) is 33.0 Å². The zero-order valence-corrected chi connectivity index (χ0v) is 17.9. The predicted molar refractivity (Wildman–Crippen MR) is 112 cm³/mol. The third kappa shape index (κ3) is 3.56. The molecule has 2 unspecified atom stereocenters. The van der Waals surface area contributed by atoms with Crippen LogP contribution in [0.15, 0.2) is 48.0 Å². The highest BCUT2D eigenvalue weighted by Crippen LogP contribution is 2.50. The molecule has 2 aromatic heterocycles. The fourth-order valence-corrected chi connectivity index (χ4v) is 4.43. The van der Waals surface area contributed by atoms with Crippen LogP contribution in [0.2, 0.25) is 5.15 Å². The van der Waals surface area contributed by atoms with Gasteiger partial charge in [0, 0.05) is 6.21 Å². The summed E-state index contributed by atoms with van der Waals surface area (Å²) in [6.45, 7) is 0. The third-order valence-electron chi connectivity index (χ3n) is 4.97. The molecule has 11 heteroatoms. The average Bonchev–Trinajstić information content (AvgIpc) is 3.37. The molecule has 4 rings (SSSR count). The van der Waals surface area contributed by atoms with Gasteiger partial charge in [-0.15, -0.1) is 0 Å². The number of rotatable bonds is 3. The molecule has 1 aliphatic rings. The van der Waals surface area contributed by atoms with E-state index < -0.39 is 17.6 Å². The predicted octanol–water partition coefficient (Wildman–Crippen LogP) is 4.81. The van der Waals surface area contributed by atoms with E-state index in [4.69, 9.17) is 11.6 Å². The molecule has 0 saturated carbocycles. The van der Waals surface area contributed by atoms with Gasteiger partial charge in [-0.25, -0.2) is 14.6 Å². The summed E-state index contributed by atoms with van der Waals surface area (Å²) < 4.78 is 44.4. The Morgan fingerprint density at radius 2 is 2.07 bits per heavy atom. The first-order valence-electron chi connectivity index (χ1n) is 8.57. The molecule has 0 bridgehead atoms. The van der Waals surface area contributed by atoms with Crippen LogP contribution in [0.1, 0.15) is 29.2 Å². The van der Waals surface area contributed by atoms with E-state index in [1.165, 1.54) is 35.5 Å². The van der Waals surface area contributed by atoms with E-state index >= 15 is 0 Å². The number of hydrogen-bond acceptors (Lipinski definition) is 5. The van der Waals surface area contributed by atoms with Gasteiger partial charge in [0.2, 0.25) is 0 Å². The number of nitriles is 1. The Balaban J connectivity index is 1.74. The number of aliphatic imine (C=N–C) groups is 1. The topological polar surface area (TPSA) is 79.8 Å². The summed E-state index contributed by atoms with van der Waals surface area (Å²) in [5, 5.41) is 13.5. The molecule has 1 aromatic carbocycles. The Morgan fingerprint density at radius 3 is 2.70 bits per heavy atom. The summed E-state index contributed by atoms with van der Waals surface area (Å²) in [4.78, 5) is 12.0. The van der Waals surface area contributed by atoms with E-state index in [2.05, 4.69) is 26.1 Å². The molecule has 0 saturated heterocycles. The van der Waals surface area contributed by atoms with Gasteiger partial charge in [0.15, 0.2) is 0 Å². The molecule has 0 amide bonds. The largest absolute Gasteiger partial charge is 0.403 e. The highest BCUT2D eigenvalue weighted by molar-refractivity contribution is 14.1. The molecular weight excluding hydrogens is 532 g/mol. The van der Waals surface area contributed by atoms with Crippen molar-refractivity contribution in [1.29, 1.82) is 5.26 Å². The van der Waals surface area contributed by atoms with Crippen LogP contribution in [0.5, 0.6) is 0 Å². The fraction of sp³-hybridized carbons (Fsp3) is 0.211. The van der Waals surface area contributed by atoms with Gasteiger partial charge >= 0.3 is 6.18 Å². The Kier molecular flexibility index (Phi) is 5.27. The summed E-state index contributed by atoms with van der Waals surface area (Å²) >= 11 is 7.75. The first-order chi connectivity index (χ1) is 14.2. The number of nitrogens with zero attached hydrogens (tertiary/aromatic N) is 6. The summed E-state index contributed by atoms with van der Waals surface area (Å²) in [5.41, 5.74) is -1.04. The van der Waals surface area contributed by atoms with Crippen LogP contribution in [-0.4, -0.2) is 32.1 Å². The summed E-state index contributed by atoms with van der Waals surface area (Å²) in [5.74, 6) is 0. The maximum Gasteiger partial charge on any atom is 0.403 e. The van der Waals surface area contributed by atoms with Crippen molar-refractivity contribution in [3.63, 3.8) is 0 Å². The number of alkyl halides is 3. The molecule has 6 nitrogen and oxygen atoms in total. The van der Waals surface area contributed by atoms with Crippen LogP contribution in [0.25, 0.3) is 5.69 Å². The van der Waals surface area contributed by atoms with Gasteiger partial charge in [-0.3, -0.25) is 4.99 Å². The maximum absolute atomic E-state index is 14.2. The van der Waals surface area contributed by atoms with E-state index in [1.807, 2.05) is 22.6 Å². The van der Waals surface area contributed by atoms with Crippen molar-refractivity contribution >= 4 is 40.4 Å². The summed E-state index contributed by atoms with van der Waals surface area (Å²) in [6.07, 6.45) is -1.21. The zero-order valence-electron chi connectivity index (χ0n) is 15.0. The van der Waals surface area contributed by atoms with E-state index in [-0.39, 0.29) is 22.7 Å². The Labute approximate surface area is 187 Å². The summed E-state index contributed by atoms with van der Waals surface area (Å²) in [6, 6.07) is 8.68. The lowest BCUT2D eigenvalue weighted by molar-refractivity contribution is -0.168. The molecule has 1 aliphatic heterocycles. The number of benzene rings is 1. The molecule has 2 atom stereocenters. The van der Waals surface area contributed by atoms with Gasteiger partial charge in [-0.2, -0.15) is 23.5 Å². The van der Waals surface area contributed by atoms with E-state index in [0.717, 1.165) is 6.21 Å². The van der Waals surface area contributed by atoms with E-state index in [1.54, 1.807) is 12.1 Å². The number of aromatic nitrogens is 4. The van der Waals surface area contributed by atoms with Gasteiger partial charge in [-0.1, -0.05) is 17.7 Å². The molecule has 0 radical (unpaired) electrons. The second-order valence-electron chi connectivity index (χ2n) is 6.70. The van der Waals surface area contributed by atoms with Gasteiger partial charge in [0.25, 0.3) is 0 Å². The minimum absolute atomic E-state index is 0.00890. The van der Waals surface area contributed by atoms with E-state index in [0.29, 0.717) is 15.0 Å². The SMILES string of the molecule is N#Cc1cc(C2CC(c3cc(Cl)nc(I)c3)(C(F)(F)F)C=N2)ccc1-n1cncn1.